The highest BCUT2D eigenvalue weighted by Gasteiger charge is 2.33. The van der Waals surface area contributed by atoms with Crippen LogP contribution in [0.15, 0.2) is 40.9 Å². The smallest absolute Gasteiger partial charge is 0.410 e. The highest BCUT2D eigenvalue weighted by atomic mass is 79.9. The molecular formula is C21H22BrF2NO2. The summed E-state index contributed by atoms with van der Waals surface area (Å²) in [5.74, 6) is -1.82. The fourth-order valence-corrected chi connectivity index (χ4v) is 3.69. The summed E-state index contributed by atoms with van der Waals surface area (Å²) in [4.78, 5) is 14.5. The number of ether oxygens (including phenoxy) is 1. The number of hydrogen-bond donors (Lipinski definition) is 0. The number of amides is 1. The number of hydrogen-bond acceptors (Lipinski definition) is 2. The van der Waals surface area contributed by atoms with E-state index in [4.69, 9.17) is 4.74 Å². The van der Waals surface area contributed by atoms with Crippen LogP contribution < -0.4 is 0 Å². The van der Waals surface area contributed by atoms with Crippen molar-refractivity contribution in [3.05, 3.63) is 69.2 Å². The first kappa shape index (κ1) is 19.8. The van der Waals surface area contributed by atoms with Crippen molar-refractivity contribution in [2.24, 2.45) is 0 Å². The molecule has 144 valence electrons. The molecule has 1 aliphatic rings. The Morgan fingerprint density at radius 3 is 2.48 bits per heavy atom. The maximum atomic E-state index is 13.6. The predicted molar refractivity (Wildman–Crippen MR) is 103 cm³/mol. The molecule has 0 radical (unpaired) electrons. The third-order valence-electron chi connectivity index (χ3n) is 4.49. The first-order chi connectivity index (χ1) is 12.6. The van der Waals surface area contributed by atoms with Crippen molar-refractivity contribution in [3.8, 4) is 0 Å². The zero-order valence-corrected chi connectivity index (χ0v) is 17.1. The highest BCUT2D eigenvalue weighted by molar-refractivity contribution is 9.10. The number of benzene rings is 2. The lowest BCUT2D eigenvalue weighted by atomic mass is 10.1. The molecule has 1 aliphatic carbocycles. The average molecular weight is 438 g/mol. The standard InChI is InChI=1S/C21H22BrF2NO2/c1-21(2,3)27-20(26)25(12-13-4-7-18(23)19(24)8-13)17-10-14-5-6-16(22)9-15(14)11-17/h4-9,17H,10-12H2,1-3H3. The lowest BCUT2D eigenvalue weighted by Gasteiger charge is -2.31. The fourth-order valence-electron chi connectivity index (χ4n) is 3.28. The number of fused-ring (bicyclic) bond motifs is 1. The van der Waals surface area contributed by atoms with Gasteiger partial charge in [-0.25, -0.2) is 13.6 Å². The van der Waals surface area contributed by atoms with E-state index < -0.39 is 23.3 Å². The minimum absolute atomic E-state index is 0.0998. The second-order valence-corrected chi connectivity index (χ2v) is 8.75. The Kier molecular flexibility index (Phi) is 5.56. The molecule has 2 aromatic carbocycles. The van der Waals surface area contributed by atoms with Gasteiger partial charge in [0, 0.05) is 17.1 Å². The van der Waals surface area contributed by atoms with E-state index in [1.807, 2.05) is 12.1 Å². The molecule has 0 aliphatic heterocycles. The van der Waals surface area contributed by atoms with E-state index in [9.17, 15) is 13.6 Å². The minimum Gasteiger partial charge on any atom is -0.444 e. The van der Waals surface area contributed by atoms with Gasteiger partial charge >= 0.3 is 6.09 Å². The van der Waals surface area contributed by atoms with Gasteiger partial charge in [-0.2, -0.15) is 0 Å². The van der Waals surface area contributed by atoms with Crippen LogP contribution >= 0.6 is 15.9 Å². The van der Waals surface area contributed by atoms with Crippen molar-refractivity contribution in [3.63, 3.8) is 0 Å². The van der Waals surface area contributed by atoms with Crippen LogP contribution in [0.4, 0.5) is 13.6 Å². The van der Waals surface area contributed by atoms with E-state index >= 15 is 0 Å². The Labute approximate surface area is 166 Å². The average Bonchev–Trinajstić information content (AvgIpc) is 2.96. The van der Waals surface area contributed by atoms with Crippen LogP contribution in [0.25, 0.3) is 0 Å². The Balaban J connectivity index is 1.86. The molecular weight excluding hydrogens is 416 g/mol. The van der Waals surface area contributed by atoms with Gasteiger partial charge in [-0.1, -0.05) is 28.1 Å². The van der Waals surface area contributed by atoms with Gasteiger partial charge in [-0.05, 0) is 74.6 Å². The molecule has 0 N–H and O–H groups in total. The summed E-state index contributed by atoms with van der Waals surface area (Å²) in [6, 6.07) is 9.69. The monoisotopic (exact) mass is 437 g/mol. The Bertz CT molecular complexity index is 864. The Hall–Kier alpha value is -1.95. The normalized spacial score (nSPS) is 16.1. The van der Waals surface area contributed by atoms with Crippen LogP contribution in [0, 0.1) is 11.6 Å². The molecule has 3 nitrogen and oxygen atoms in total. The molecule has 0 aromatic heterocycles. The molecule has 0 bridgehead atoms. The molecule has 3 rings (SSSR count). The zero-order valence-electron chi connectivity index (χ0n) is 15.6. The van der Waals surface area contributed by atoms with Crippen LogP contribution in [0.5, 0.6) is 0 Å². The molecule has 1 unspecified atom stereocenters. The third-order valence-corrected chi connectivity index (χ3v) is 4.98. The highest BCUT2D eigenvalue weighted by Crippen LogP contribution is 2.30. The second-order valence-electron chi connectivity index (χ2n) is 7.83. The zero-order chi connectivity index (χ0) is 19.8. The molecule has 1 amide bonds. The summed E-state index contributed by atoms with van der Waals surface area (Å²) in [5.41, 5.74) is 2.24. The van der Waals surface area contributed by atoms with E-state index in [0.29, 0.717) is 18.4 Å². The molecule has 0 fully saturated rings. The van der Waals surface area contributed by atoms with Gasteiger partial charge in [0.05, 0.1) is 0 Å². The predicted octanol–water partition coefficient (Wildman–Crippen LogP) is 5.63. The van der Waals surface area contributed by atoms with Crippen molar-refractivity contribution in [1.29, 1.82) is 0 Å². The number of nitrogens with zero attached hydrogens (tertiary/aromatic N) is 1. The summed E-state index contributed by atoms with van der Waals surface area (Å²) in [6.07, 6.45) is 0.938. The van der Waals surface area contributed by atoms with Crippen molar-refractivity contribution in [2.45, 2.75) is 51.8 Å². The van der Waals surface area contributed by atoms with E-state index in [1.54, 1.807) is 25.7 Å². The third kappa shape index (κ3) is 4.86. The van der Waals surface area contributed by atoms with E-state index in [2.05, 4.69) is 22.0 Å². The quantitative estimate of drug-likeness (QED) is 0.622. The Morgan fingerprint density at radius 2 is 1.81 bits per heavy atom. The van der Waals surface area contributed by atoms with Crippen molar-refractivity contribution in [1.82, 2.24) is 4.90 Å². The summed E-state index contributed by atoms with van der Waals surface area (Å²) in [6.45, 7) is 5.58. The van der Waals surface area contributed by atoms with E-state index in [-0.39, 0.29) is 12.6 Å². The van der Waals surface area contributed by atoms with E-state index in [0.717, 1.165) is 16.6 Å². The van der Waals surface area contributed by atoms with Gasteiger partial charge in [0.2, 0.25) is 0 Å². The largest absolute Gasteiger partial charge is 0.444 e. The van der Waals surface area contributed by atoms with Gasteiger partial charge in [0.15, 0.2) is 11.6 Å². The molecule has 0 heterocycles. The molecule has 6 heteroatoms. The van der Waals surface area contributed by atoms with Gasteiger partial charge in [-0.15, -0.1) is 0 Å². The van der Waals surface area contributed by atoms with Crippen molar-refractivity contribution < 1.29 is 18.3 Å². The lowest BCUT2D eigenvalue weighted by molar-refractivity contribution is 0.0148. The number of carbonyl (C=O) groups is 1. The van der Waals surface area contributed by atoms with Gasteiger partial charge < -0.3 is 9.64 Å². The molecule has 27 heavy (non-hydrogen) atoms. The first-order valence-corrected chi connectivity index (χ1v) is 9.62. The van der Waals surface area contributed by atoms with Gasteiger partial charge in [-0.3, -0.25) is 0 Å². The van der Waals surface area contributed by atoms with Crippen LogP contribution in [0.3, 0.4) is 0 Å². The van der Waals surface area contributed by atoms with E-state index in [1.165, 1.54) is 17.2 Å². The summed E-state index contributed by atoms with van der Waals surface area (Å²) < 4.78 is 33.4. The molecule has 0 spiro atoms. The van der Waals surface area contributed by atoms with Crippen LogP contribution in [0.2, 0.25) is 0 Å². The fraction of sp³-hybridized carbons (Fsp3) is 0.381. The summed E-state index contributed by atoms with van der Waals surface area (Å²) in [7, 11) is 0. The number of carbonyl (C=O) groups excluding carboxylic acids is 1. The summed E-state index contributed by atoms with van der Waals surface area (Å²) in [5, 5.41) is 0. The first-order valence-electron chi connectivity index (χ1n) is 8.83. The lowest BCUT2D eigenvalue weighted by Crippen LogP contribution is -2.43. The Morgan fingerprint density at radius 1 is 1.11 bits per heavy atom. The molecule has 0 saturated carbocycles. The minimum atomic E-state index is -0.921. The van der Waals surface area contributed by atoms with Gasteiger partial charge in [0.25, 0.3) is 0 Å². The molecule has 1 atom stereocenters. The number of rotatable bonds is 3. The van der Waals surface area contributed by atoms with Crippen molar-refractivity contribution in [2.75, 3.05) is 0 Å². The van der Waals surface area contributed by atoms with Crippen LogP contribution in [-0.4, -0.2) is 22.6 Å². The maximum Gasteiger partial charge on any atom is 0.410 e. The molecule has 2 aromatic rings. The number of halogens is 3. The SMILES string of the molecule is CC(C)(C)OC(=O)N(Cc1ccc(F)c(F)c1)C1Cc2ccc(Br)cc2C1. The second kappa shape index (κ2) is 7.58. The maximum absolute atomic E-state index is 13.6. The topological polar surface area (TPSA) is 29.5 Å². The van der Waals surface area contributed by atoms with Crippen LogP contribution in [0.1, 0.15) is 37.5 Å². The van der Waals surface area contributed by atoms with Crippen LogP contribution in [-0.2, 0) is 24.1 Å². The molecule has 0 saturated heterocycles. The van der Waals surface area contributed by atoms with Crippen molar-refractivity contribution >= 4 is 22.0 Å². The summed E-state index contributed by atoms with van der Waals surface area (Å²) >= 11 is 3.48. The van der Waals surface area contributed by atoms with Gasteiger partial charge in [0.1, 0.15) is 5.60 Å².